The van der Waals surface area contributed by atoms with E-state index in [1.165, 1.54) is 0 Å². The summed E-state index contributed by atoms with van der Waals surface area (Å²) in [7, 11) is 0. The van der Waals surface area contributed by atoms with Gasteiger partial charge in [0, 0.05) is 0 Å². The van der Waals surface area contributed by atoms with Crippen LogP contribution in [0, 0.1) is 0 Å². The quantitative estimate of drug-likeness (QED) is 0.256. The highest BCUT2D eigenvalue weighted by molar-refractivity contribution is 4.67. The van der Waals surface area contributed by atoms with Crippen LogP contribution in [0.15, 0.2) is 25.3 Å². The Balaban J connectivity index is 3.63. The molecular formula is C12H23NO5. The molecule has 0 aliphatic rings. The number of ether oxygens (including phenoxy) is 2. The molecule has 0 spiro atoms. The van der Waals surface area contributed by atoms with E-state index in [9.17, 15) is 15.4 Å². The number of aliphatic hydroxyl groups is 2. The fourth-order valence-corrected chi connectivity index (χ4v) is 1.24. The first kappa shape index (κ1) is 17.2. The molecule has 0 aromatic rings. The number of hydroxylamine groups is 2. The lowest BCUT2D eigenvalue weighted by molar-refractivity contribution is -0.143. The highest BCUT2D eigenvalue weighted by Crippen LogP contribution is 1.95. The molecule has 6 nitrogen and oxygen atoms in total. The van der Waals surface area contributed by atoms with Crippen molar-refractivity contribution in [2.45, 2.75) is 12.2 Å². The molecule has 0 fully saturated rings. The van der Waals surface area contributed by atoms with Crippen molar-refractivity contribution in [3.63, 3.8) is 0 Å². The normalized spacial score (nSPS) is 14.4. The summed E-state index contributed by atoms with van der Waals surface area (Å²) < 4.78 is 10.1. The molecule has 0 aliphatic heterocycles. The Morgan fingerprint density at radius 2 is 1.33 bits per heavy atom. The van der Waals surface area contributed by atoms with Crippen LogP contribution in [-0.2, 0) is 9.47 Å². The Morgan fingerprint density at radius 3 is 1.67 bits per heavy atom. The molecule has 106 valence electrons. The average molecular weight is 261 g/mol. The minimum atomic E-state index is -0.823. The lowest BCUT2D eigenvalue weighted by Crippen LogP contribution is -2.38. The first-order valence-corrected chi connectivity index (χ1v) is 5.77. The van der Waals surface area contributed by atoms with Crippen molar-refractivity contribution in [3.8, 4) is 0 Å². The van der Waals surface area contributed by atoms with Gasteiger partial charge in [0.05, 0.1) is 51.7 Å². The largest absolute Gasteiger partial charge is 0.389 e. The minimum Gasteiger partial charge on any atom is -0.389 e. The van der Waals surface area contributed by atoms with E-state index in [-0.39, 0.29) is 26.3 Å². The van der Waals surface area contributed by atoms with Crippen LogP contribution in [0.5, 0.6) is 0 Å². The van der Waals surface area contributed by atoms with Crippen LogP contribution in [0.1, 0.15) is 0 Å². The summed E-state index contributed by atoms with van der Waals surface area (Å²) in [5.74, 6) is 0. The molecule has 0 radical (unpaired) electrons. The van der Waals surface area contributed by atoms with Crippen LogP contribution in [0.2, 0.25) is 0 Å². The molecule has 0 rings (SSSR count). The second-order valence-electron chi connectivity index (χ2n) is 3.83. The smallest absolute Gasteiger partial charge is 0.0923 e. The van der Waals surface area contributed by atoms with Gasteiger partial charge in [-0.25, -0.2) is 0 Å². The summed E-state index contributed by atoms with van der Waals surface area (Å²) in [5, 5.41) is 29.3. The molecular weight excluding hydrogens is 238 g/mol. The van der Waals surface area contributed by atoms with Gasteiger partial charge in [-0.15, -0.1) is 13.2 Å². The summed E-state index contributed by atoms with van der Waals surface area (Å²) in [6.07, 6.45) is 1.50. The van der Waals surface area contributed by atoms with Crippen molar-refractivity contribution in [1.29, 1.82) is 0 Å². The van der Waals surface area contributed by atoms with Crippen molar-refractivity contribution < 1.29 is 24.9 Å². The third-order valence-electron chi connectivity index (χ3n) is 1.93. The highest BCUT2D eigenvalue weighted by Gasteiger charge is 2.14. The first-order chi connectivity index (χ1) is 8.60. The molecule has 3 N–H and O–H groups in total. The first-order valence-electron chi connectivity index (χ1n) is 5.77. The van der Waals surface area contributed by atoms with Crippen LogP contribution in [-0.4, -0.2) is 72.2 Å². The van der Waals surface area contributed by atoms with E-state index in [1.54, 1.807) is 12.2 Å². The molecule has 0 aromatic heterocycles. The second kappa shape index (κ2) is 11.3. The zero-order valence-corrected chi connectivity index (χ0v) is 10.6. The van der Waals surface area contributed by atoms with Gasteiger partial charge in [-0.1, -0.05) is 12.2 Å². The van der Waals surface area contributed by atoms with E-state index >= 15 is 0 Å². The zero-order chi connectivity index (χ0) is 13.8. The molecule has 6 heteroatoms. The van der Waals surface area contributed by atoms with Crippen LogP contribution in [0.4, 0.5) is 0 Å². The lowest BCUT2D eigenvalue weighted by Gasteiger charge is -2.21. The van der Waals surface area contributed by atoms with Crippen LogP contribution < -0.4 is 0 Å². The summed E-state index contributed by atoms with van der Waals surface area (Å²) in [4.78, 5) is 0. The molecule has 2 atom stereocenters. The predicted molar refractivity (Wildman–Crippen MR) is 67.4 cm³/mol. The summed E-state index contributed by atoms with van der Waals surface area (Å²) in [6.45, 7) is 7.84. The highest BCUT2D eigenvalue weighted by atomic mass is 16.5. The molecule has 0 heterocycles. The average Bonchev–Trinajstić information content (AvgIpc) is 2.29. The maximum atomic E-state index is 9.49. The van der Waals surface area contributed by atoms with Crippen molar-refractivity contribution in [3.05, 3.63) is 25.3 Å². The minimum absolute atomic E-state index is 0.00430. The van der Waals surface area contributed by atoms with Crippen LogP contribution in [0.25, 0.3) is 0 Å². The Hall–Kier alpha value is -0.760. The van der Waals surface area contributed by atoms with Gasteiger partial charge in [0.15, 0.2) is 0 Å². The Morgan fingerprint density at radius 1 is 0.944 bits per heavy atom. The molecule has 0 saturated carbocycles. The monoisotopic (exact) mass is 261 g/mol. The van der Waals surface area contributed by atoms with E-state index < -0.39 is 12.2 Å². The van der Waals surface area contributed by atoms with Crippen LogP contribution in [0.3, 0.4) is 0 Å². The molecule has 0 bridgehead atoms. The third-order valence-corrected chi connectivity index (χ3v) is 1.93. The van der Waals surface area contributed by atoms with Gasteiger partial charge in [-0.3, -0.25) is 0 Å². The zero-order valence-electron chi connectivity index (χ0n) is 10.6. The van der Waals surface area contributed by atoms with Crippen molar-refractivity contribution in [2.75, 3.05) is 39.5 Å². The maximum Gasteiger partial charge on any atom is 0.0923 e. The lowest BCUT2D eigenvalue weighted by atomic mass is 10.3. The summed E-state index contributed by atoms with van der Waals surface area (Å²) >= 11 is 0. The van der Waals surface area contributed by atoms with Crippen molar-refractivity contribution in [1.82, 2.24) is 5.06 Å². The molecule has 18 heavy (non-hydrogen) atoms. The summed E-state index contributed by atoms with van der Waals surface area (Å²) in [6, 6.07) is 0. The third kappa shape index (κ3) is 10.4. The van der Waals surface area contributed by atoms with Gasteiger partial charge in [0.2, 0.25) is 0 Å². The maximum absolute atomic E-state index is 9.49. The van der Waals surface area contributed by atoms with Crippen LogP contribution >= 0.6 is 0 Å². The van der Waals surface area contributed by atoms with E-state index in [2.05, 4.69) is 13.2 Å². The van der Waals surface area contributed by atoms with E-state index in [0.717, 1.165) is 5.06 Å². The Kier molecular flexibility index (Phi) is 10.9. The summed E-state index contributed by atoms with van der Waals surface area (Å²) in [5.41, 5.74) is 0. The van der Waals surface area contributed by atoms with E-state index in [1.807, 2.05) is 0 Å². The van der Waals surface area contributed by atoms with Gasteiger partial charge in [-0.2, -0.15) is 5.06 Å². The SMILES string of the molecule is C=CCOCC(O)CN(O)CC(O)COCC=C. The second-order valence-corrected chi connectivity index (χ2v) is 3.83. The number of nitrogens with zero attached hydrogens (tertiary/aromatic N) is 1. The Bertz CT molecular complexity index is 203. The number of hydrogen-bond acceptors (Lipinski definition) is 6. The fraction of sp³-hybridized carbons (Fsp3) is 0.667. The number of rotatable bonds is 12. The van der Waals surface area contributed by atoms with Crippen molar-refractivity contribution >= 4 is 0 Å². The van der Waals surface area contributed by atoms with Gasteiger partial charge in [0.25, 0.3) is 0 Å². The molecule has 0 aromatic carbocycles. The van der Waals surface area contributed by atoms with Gasteiger partial charge in [-0.05, 0) is 0 Å². The number of hydrogen-bond donors (Lipinski definition) is 3. The molecule has 0 aliphatic carbocycles. The van der Waals surface area contributed by atoms with Gasteiger partial charge < -0.3 is 24.9 Å². The van der Waals surface area contributed by atoms with Gasteiger partial charge in [0.1, 0.15) is 0 Å². The van der Waals surface area contributed by atoms with Gasteiger partial charge >= 0.3 is 0 Å². The molecule has 2 unspecified atom stereocenters. The fourth-order valence-electron chi connectivity index (χ4n) is 1.24. The van der Waals surface area contributed by atoms with E-state index in [4.69, 9.17) is 9.47 Å². The van der Waals surface area contributed by atoms with Crippen molar-refractivity contribution in [2.24, 2.45) is 0 Å². The van der Waals surface area contributed by atoms with E-state index in [0.29, 0.717) is 13.2 Å². The molecule has 0 amide bonds. The molecule has 0 saturated heterocycles. The number of aliphatic hydroxyl groups excluding tert-OH is 2. The Labute approximate surface area is 108 Å². The predicted octanol–water partition coefficient (Wildman–Crippen LogP) is -0.195. The standard InChI is InChI=1S/C12H23NO5/c1-3-5-17-9-11(14)7-13(16)8-12(15)10-18-6-4-2/h3-4,11-12,14-16H,1-2,5-10H2. The topological polar surface area (TPSA) is 82.4 Å².